The number of aromatic nitrogens is 3. The Morgan fingerprint density at radius 3 is 2.66 bits per heavy atom. The molecule has 1 saturated heterocycles. The molecule has 3 aliphatic carbocycles. The molecule has 7 rings (SSSR count). The second-order valence-corrected chi connectivity index (χ2v) is 13.7. The lowest BCUT2D eigenvalue weighted by Crippen LogP contribution is -2.45. The van der Waals surface area contributed by atoms with Gasteiger partial charge >= 0.3 is 0 Å². The summed E-state index contributed by atoms with van der Waals surface area (Å²) in [4.78, 5) is 25.5. The highest BCUT2D eigenvalue weighted by atomic mass is 32.2. The minimum atomic E-state index is -0.229. The number of ether oxygens (including phenoxy) is 1. The van der Waals surface area contributed by atoms with Gasteiger partial charge in [-0.15, -0.1) is 5.10 Å². The SMILES string of the molecule is C=C/C1=N\C(=C)NCCCC2CCC(C)(C)N2c2nc(-n3ccc(OCC4C5(CC5)C45CC5)n3)ccc2C(=O)NS1. The van der Waals surface area contributed by atoms with E-state index in [4.69, 9.17) is 14.8 Å². The number of hydrogen-bond acceptors (Lipinski definition) is 8. The first kappa shape index (κ1) is 26.6. The molecule has 41 heavy (non-hydrogen) atoms. The number of fused-ring (bicyclic) bond motifs is 4. The van der Waals surface area contributed by atoms with Gasteiger partial charge in [-0.3, -0.25) is 9.52 Å². The molecule has 1 amide bonds. The summed E-state index contributed by atoms with van der Waals surface area (Å²) in [6.45, 7) is 13.8. The number of amides is 1. The largest absolute Gasteiger partial charge is 0.476 e. The molecule has 216 valence electrons. The lowest BCUT2D eigenvalue weighted by Gasteiger charge is -2.38. The summed E-state index contributed by atoms with van der Waals surface area (Å²) in [5.41, 5.74) is 1.60. The van der Waals surface area contributed by atoms with Crippen LogP contribution in [0.15, 0.2) is 54.4 Å². The predicted octanol–water partition coefficient (Wildman–Crippen LogP) is 5.40. The van der Waals surface area contributed by atoms with Gasteiger partial charge in [-0.25, -0.2) is 14.7 Å². The number of rotatable bonds is 5. The van der Waals surface area contributed by atoms with Gasteiger partial charge in [0, 0.05) is 48.3 Å². The first-order valence-corrected chi connectivity index (χ1v) is 15.7. The highest BCUT2D eigenvalue weighted by Crippen LogP contribution is 2.92. The molecular formula is C31H39N7O2S. The van der Waals surface area contributed by atoms with E-state index in [1.54, 1.807) is 10.8 Å². The van der Waals surface area contributed by atoms with Crippen molar-refractivity contribution in [2.45, 2.75) is 76.8 Å². The third-order valence-electron chi connectivity index (χ3n) is 10.2. The lowest BCUT2D eigenvalue weighted by molar-refractivity contribution is 0.0984. The zero-order valence-corrected chi connectivity index (χ0v) is 24.8. The molecule has 0 aromatic carbocycles. The number of nitrogens with one attached hydrogen (secondary N) is 2. The number of pyridine rings is 1. The summed E-state index contributed by atoms with van der Waals surface area (Å²) in [6.07, 6.45) is 13.0. The summed E-state index contributed by atoms with van der Waals surface area (Å²) in [7, 11) is 0. The smallest absolute Gasteiger partial charge is 0.265 e. The Hall–Kier alpha value is -3.27. The van der Waals surface area contributed by atoms with Crippen molar-refractivity contribution < 1.29 is 9.53 Å². The van der Waals surface area contributed by atoms with Crippen LogP contribution in [0.4, 0.5) is 5.82 Å². The third-order valence-corrected chi connectivity index (χ3v) is 10.9. The molecule has 0 radical (unpaired) electrons. The van der Waals surface area contributed by atoms with Crippen molar-refractivity contribution in [3.05, 3.63) is 55.0 Å². The molecule has 2 N–H and O–H groups in total. The molecule has 4 fully saturated rings. The zero-order valence-electron chi connectivity index (χ0n) is 24.0. The van der Waals surface area contributed by atoms with Crippen LogP contribution in [0.3, 0.4) is 0 Å². The quantitative estimate of drug-likeness (QED) is 0.463. The van der Waals surface area contributed by atoms with Crippen LogP contribution in [-0.4, -0.2) is 50.4 Å². The fourth-order valence-corrected chi connectivity index (χ4v) is 8.28. The Labute approximate surface area is 246 Å². The number of carbonyl (C=O) groups excluding carboxylic acids is 1. The lowest BCUT2D eigenvalue weighted by atomic mass is 10.0. The van der Waals surface area contributed by atoms with E-state index in [1.807, 2.05) is 24.4 Å². The van der Waals surface area contributed by atoms with Gasteiger partial charge in [-0.2, -0.15) is 0 Å². The second kappa shape index (κ2) is 9.64. The zero-order chi connectivity index (χ0) is 28.4. The van der Waals surface area contributed by atoms with Crippen molar-refractivity contribution in [2.75, 3.05) is 18.1 Å². The van der Waals surface area contributed by atoms with Crippen molar-refractivity contribution >= 4 is 28.7 Å². The molecule has 3 saturated carbocycles. The van der Waals surface area contributed by atoms with Crippen LogP contribution in [0.5, 0.6) is 5.88 Å². The van der Waals surface area contributed by atoms with E-state index in [1.165, 1.54) is 25.7 Å². The second-order valence-electron chi connectivity index (χ2n) is 12.9. The molecule has 9 nitrogen and oxygen atoms in total. The highest BCUT2D eigenvalue weighted by molar-refractivity contribution is 8.13. The maximum atomic E-state index is 13.6. The van der Waals surface area contributed by atoms with Gasteiger partial charge in [0.25, 0.3) is 5.91 Å². The van der Waals surface area contributed by atoms with E-state index in [0.717, 1.165) is 50.8 Å². The standard InChI is InChI=1S/C31H39N7O2S/c1-5-26-33-20(2)32-17-6-7-21-10-12-29(3,4)38(21)27-22(28(39)36-41-26)8-9-24(34-27)37-18-11-25(35-37)40-19-23-30(13-14-30)31(23)15-16-31/h5,8-9,11,18,21,23,32H,1-2,6-7,10,12-17,19H2,3-4H3,(H,36,39)/b33-26+. The van der Waals surface area contributed by atoms with Crippen LogP contribution in [0.1, 0.15) is 75.6 Å². The topological polar surface area (TPSA) is 96.7 Å². The van der Waals surface area contributed by atoms with Gasteiger partial charge in [-0.1, -0.05) is 13.2 Å². The molecule has 2 spiro atoms. The van der Waals surface area contributed by atoms with Gasteiger partial charge in [-0.05, 0) is 94.3 Å². The molecule has 2 aliphatic heterocycles. The average molecular weight is 574 g/mol. The number of nitrogens with zero attached hydrogens (tertiary/aromatic N) is 5. The highest BCUT2D eigenvalue weighted by Gasteiger charge is 2.86. The first-order chi connectivity index (χ1) is 19.8. The van der Waals surface area contributed by atoms with Crippen molar-refractivity contribution in [1.29, 1.82) is 0 Å². The van der Waals surface area contributed by atoms with Crippen LogP contribution in [0.2, 0.25) is 0 Å². The molecule has 2 aromatic heterocycles. The summed E-state index contributed by atoms with van der Waals surface area (Å²) < 4.78 is 10.9. The summed E-state index contributed by atoms with van der Waals surface area (Å²) in [5, 5.41) is 8.58. The maximum absolute atomic E-state index is 13.6. The molecule has 0 bridgehead atoms. The number of hydrogen-bond donors (Lipinski definition) is 2. The Bertz CT molecular complexity index is 1420. The number of carbonyl (C=O) groups is 1. The van der Waals surface area contributed by atoms with Crippen molar-refractivity contribution in [1.82, 2.24) is 24.8 Å². The Morgan fingerprint density at radius 2 is 1.93 bits per heavy atom. The normalized spacial score (nSPS) is 27.1. The Morgan fingerprint density at radius 1 is 1.15 bits per heavy atom. The molecule has 1 unspecified atom stereocenters. The number of aliphatic imine (C=N–C) groups is 1. The fraction of sp³-hybridized carbons (Fsp3) is 0.548. The summed E-state index contributed by atoms with van der Waals surface area (Å²) in [5.74, 6) is 3.01. The van der Waals surface area contributed by atoms with Crippen LogP contribution in [0.25, 0.3) is 5.82 Å². The first-order valence-electron chi connectivity index (χ1n) is 14.9. The van der Waals surface area contributed by atoms with E-state index in [9.17, 15) is 4.79 Å². The van der Waals surface area contributed by atoms with E-state index >= 15 is 0 Å². The third kappa shape index (κ3) is 4.54. The van der Waals surface area contributed by atoms with E-state index in [0.29, 0.717) is 50.7 Å². The molecule has 1 atom stereocenters. The molecule has 5 aliphatic rings. The molecule has 2 aromatic rings. The molecular weight excluding hydrogens is 534 g/mol. The minimum absolute atomic E-state index is 0.152. The monoisotopic (exact) mass is 573 g/mol. The van der Waals surface area contributed by atoms with Crippen LogP contribution < -0.4 is 19.7 Å². The summed E-state index contributed by atoms with van der Waals surface area (Å²) >= 11 is 1.13. The van der Waals surface area contributed by atoms with Crippen molar-refractivity contribution in [3.8, 4) is 11.7 Å². The van der Waals surface area contributed by atoms with Gasteiger partial charge in [0.2, 0.25) is 5.88 Å². The Balaban J connectivity index is 1.18. The van der Waals surface area contributed by atoms with E-state index in [2.05, 4.69) is 46.9 Å². The van der Waals surface area contributed by atoms with Crippen molar-refractivity contribution in [2.24, 2.45) is 21.7 Å². The van der Waals surface area contributed by atoms with Gasteiger partial charge in [0.05, 0.1) is 12.2 Å². The van der Waals surface area contributed by atoms with Crippen molar-refractivity contribution in [3.63, 3.8) is 0 Å². The minimum Gasteiger partial charge on any atom is -0.476 e. The molecule has 4 heterocycles. The molecule has 10 heteroatoms. The van der Waals surface area contributed by atoms with E-state index < -0.39 is 0 Å². The van der Waals surface area contributed by atoms with Crippen LogP contribution >= 0.6 is 11.9 Å². The maximum Gasteiger partial charge on any atom is 0.265 e. The van der Waals surface area contributed by atoms with Gasteiger partial charge < -0.3 is 15.0 Å². The van der Waals surface area contributed by atoms with Crippen LogP contribution in [-0.2, 0) is 0 Å². The van der Waals surface area contributed by atoms with Crippen LogP contribution in [0, 0.1) is 16.7 Å². The summed E-state index contributed by atoms with van der Waals surface area (Å²) in [6, 6.07) is 5.89. The average Bonchev–Trinajstić information content (AvgIpc) is 3.91. The fourth-order valence-electron chi connectivity index (χ4n) is 7.73. The number of anilines is 1. The van der Waals surface area contributed by atoms with Gasteiger partial charge in [0.15, 0.2) is 5.82 Å². The van der Waals surface area contributed by atoms with E-state index in [-0.39, 0.29) is 17.5 Å². The van der Waals surface area contributed by atoms with Gasteiger partial charge in [0.1, 0.15) is 16.7 Å². The predicted molar refractivity (Wildman–Crippen MR) is 162 cm³/mol. The Kier molecular flexibility index (Phi) is 6.26.